The smallest absolute Gasteiger partial charge is 0.227 e. The Balaban J connectivity index is 1.25. The SMILES string of the molecule is C=C/C(=C\C(=C)c1ccc2c(c1)c1cc3nc(-c4ccccc4)oc3c3c4ccccc4n2c13)c1ncc2ccccc2n1. The van der Waals surface area contributed by atoms with Crippen LogP contribution in [0.5, 0.6) is 0 Å². The van der Waals surface area contributed by atoms with Crippen molar-refractivity contribution < 1.29 is 4.42 Å². The highest BCUT2D eigenvalue weighted by Gasteiger charge is 2.23. The van der Waals surface area contributed by atoms with Crippen molar-refractivity contribution in [2.24, 2.45) is 0 Å². The lowest BCUT2D eigenvalue weighted by molar-refractivity contribution is 0.623. The van der Waals surface area contributed by atoms with Crippen LogP contribution in [0.15, 0.2) is 139 Å². The Labute approximate surface area is 252 Å². The van der Waals surface area contributed by atoms with E-state index in [2.05, 4.69) is 71.1 Å². The van der Waals surface area contributed by atoms with Gasteiger partial charge < -0.3 is 8.82 Å². The highest BCUT2D eigenvalue weighted by molar-refractivity contribution is 6.30. The van der Waals surface area contributed by atoms with Gasteiger partial charge in [0.1, 0.15) is 5.52 Å². The maximum atomic E-state index is 6.49. The van der Waals surface area contributed by atoms with Gasteiger partial charge in [-0.1, -0.05) is 79.9 Å². The number of fused-ring (bicyclic) bond motifs is 9. The molecule has 5 heteroatoms. The number of para-hydroxylation sites is 2. The monoisotopic (exact) mass is 564 g/mol. The molecule has 0 N–H and O–H groups in total. The van der Waals surface area contributed by atoms with Crippen LogP contribution in [0, 0.1) is 0 Å². The molecule has 5 aromatic carbocycles. The van der Waals surface area contributed by atoms with Crippen molar-refractivity contribution in [2.45, 2.75) is 0 Å². The molecule has 0 aliphatic rings. The molecule has 9 aromatic rings. The molecule has 44 heavy (non-hydrogen) atoms. The quantitative estimate of drug-likeness (QED) is 0.195. The van der Waals surface area contributed by atoms with Crippen LogP contribution in [0.2, 0.25) is 0 Å². The third-order valence-electron chi connectivity index (χ3n) is 8.51. The zero-order valence-electron chi connectivity index (χ0n) is 23.7. The van der Waals surface area contributed by atoms with Crippen LogP contribution in [-0.2, 0) is 0 Å². The molecule has 9 rings (SSSR count). The summed E-state index contributed by atoms with van der Waals surface area (Å²) in [5.41, 5.74) is 9.59. The first-order valence-electron chi connectivity index (χ1n) is 14.5. The highest BCUT2D eigenvalue weighted by Crippen LogP contribution is 2.44. The molecule has 0 amide bonds. The summed E-state index contributed by atoms with van der Waals surface area (Å²) in [5, 5.41) is 5.50. The van der Waals surface area contributed by atoms with Gasteiger partial charge in [-0.2, -0.15) is 0 Å². The lowest BCUT2D eigenvalue weighted by Gasteiger charge is -2.06. The second-order valence-corrected chi connectivity index (χ2v) is 11.0. The Morgan fingerprint density at radius 3 is 2.43 bits per heavy atom. The molecule has 0 spiro atoms. The van der Waals surface area contributed by atoms with E-state index in [0.717, 1.165) is 82.4 Å². The Hall–Kier alpha value is -6.07. The van der Waals surface area contributed by atoms with E-state index in [0.29, 0.717) is 11.7 Å². The average Bonchev–Trinajstić information content (AvgIpc) is 3.75. The van der Waals surface area contributed by atoms with Crippen molar-refractivity contribution >= 4 is 71.2 Å². The number of hydrogen-bond acceptors (Lipinski definition) is 4. The van der Waals surface area contributed by atoms with Crippen molar-refractivity contribution in [3.05, 3.63) is 146 Å². The lowest BCUT2D eigenvalue weighted by Crippen LogP contribution is -1.93. The predicted molar refractivity (Wildman–Crippen MR) is 181 cm³/mol. The van der Waals surface area contributed by atoms with Crippen molar-refractivity contribution in [2.75, 3.05) is 0 Å². The molecule has 0 aliphatic heterocycles. The molecule has 5 nitrogen and oxygen atoms in total. The van der Waals surface area contributed by atoms with Crippen LogP contribution in [-0.4, -0.2) is 19.4 Å². The fourth-order valence-electron chi connectivity index (χ4n) is 6.44. The summed E-state index contributed by atoms with van der Waals surface area (Å²) < 4.78 is 8.84. The molecule has 4 aromatic heterocycles. The minimum absolute atomic E-state index is 0.621. The van der Waals surface area contributed by atoms with E-state index < -0.39 is 0 Å². The molecule has 206 valence electrons. The Morgan fingerprint density at radius 2 is 1.55 bits per heavy atom. The number of aromatic nitrogens is 4. The summed E-state index contributed by atoms with van der Waals surface area (Å²) >= 11 is 0. The van der Waals surface area contributed by atoms with Crippen molar-refractivity contribution in [1.29, 1.82) is 0 Å². The minimum Gasteiger partial charge on any atom is -0.435 e. The first-order chi connectivity index (χ1) is 21.7. The fraction of sp³-hybridized carbons (Fsp3) is 0. The van der Waals surface area contributed by atoms with Gasteiger partial charge in [-0.3, -0.25) is 0 Å². The van der Waals surface area contributed by atoms with Gasteiger partial charge in [-0.15, -0.1) is 0 Å². The molecule has 0 fully saturated rings. The zero-order chi connectivity index (χ0) is 29.4. The summed E-state index contributed by atoms with van der Waals surface area (Å²) in [5.74, 6) is 1.24. The van der Waals surface area contributed by atoms with Crippen LogP contribution in [0.3, 0.4) is 0 Å². The van der Waals surface area contributed by atoms with E-state index >= 15 is 0 Å². The number of allylic oxidation sites excluding steroid dienone is 4. The van der Waals surface area contributed by atoms with E-state index in [4.69, 9.17) is 14.4 Å². The minimum atomic E-state index is 0.621. The van der Waals surface area contributed by atoms with Crippen LogP contribution in [0.25, 0.3) is 82.7 Å². The second kappa shape index (κ2) is 9.21. The summed E-state index contributed by atoms with van der Waals surface area (Å²) in [6.45, 7) is 8.48. The van der Waals surface area contributed by atoms with Crippen LogP contribution in [0.4, 0.5) is 0 Å². The zero-order valence-corrected chi connectivity index (χ0v) is 23.7. The molecular formula is C39H24N4O. The normalized spacial score (nSPS) is 12.4. The van der Waals surface area contributed by atoms with E-state index in [1.54, 1.807) is 6.08 Å². The molecular weight excluding hydrogens is 540 g/mol. The predicted octanol–water partition coefficient (Wildman–Crippen LogP) is 9.87. The second-order valence-electron chi connectivity index (χ2n) is 11.0. The van der Waals surface area contributed by atoms with Gasteiger partial charge in [-0.25, -0.2) is 15.0 Å². The molecule has 0 unspecified atom stereocenters. The molecule has 0 radical (unpaired) electrons. The van der Waals surface area contributed by atoms with E-state index in [9.17, 15) is 0 Å². The van der Waals surface area contributed by atoms with Crippen LogP contribution < -0.4 is 0 Å². The highest BCUT2D eigenvalue weighted by atomic mass is 16.3. The van der Waals surface area contributed by atoms with E-state index in [1.807, 2.05) is 66.9 Å². The number of oxazole rings is 1. The maximum absolute atomic E-state index is 6.49. The van der Waals surface area contributed by atoms with Gasteiger partial charge in [-0.05, 0) is 59.7 Å². The van der Waals surface area contributed by atoms with Gasteiger partial charge in [0.25, 0.3) is 0 Å². The van der Waals surface area contributed by atoms with E-state index in [1.165, 1.54) is 0 Å². The van der Waals surface area contributed by atoms with Gasteiger partial charge in [0, 0.05) is 38.9 Å². The summed E-state index contributed by atoms with van der Waals surface area (Å²) in [7, 11) is 0. The van der Waals surface area contributed by atoms with Gasteiger partial charge in [0.05, 0.1) is 27.5 Å². The third kappa shape index (κ3) is 3.50. The fourth-order valence-corrected chi connectivity index (χ4v) is 6.44. The molecule has 0 saturated carbocycles. The summed E-state index contributed by atoms with van der Waals surface area (Å²) in [6.07, 6.45) is 5.64. The first-order valence-corrected chi connectivity index (χ1v) is 14.5. The Bertz CT molecular complexity index is 2640. The van der Waals surface area contributed by atoms with Gasteiger partial charge >= 0.3 is 0 Å². The lowest BCUT2D eigenvalue weighted by atomic mass is 10.0. The molecule has 0 saturated heterocycles. The van der Waals surface area contributed by atoms with Crippen molar-refractivity contribution in [3.63, 3.8) is 0 Å². The first kappa shape index (κ1) is 24.5. The molecule has 0 aliphatic carbocycles. The van der Waals surface area contributed by atoms with Crippen LogP contribution >= 0.6 is 0 Å². The average molecular weight is 565 g/mol. The third-order valence-corrected chi connectivity index (χ3v) is 8.51. The topological polar surface area (TPSA) is 56.2 Å². The largest absolute Gasteiger partial charge is 0.435 e. The number of benzene rings is 5. The molecule has 4 heterocycles. The molecule has 0 bridgehead atoms. The maximum Gasteiger partial charge on any atom is 0.227 e. The van der Waals surface area contributed by atoms with Crippen molar-refractivity contribution in [1.82, 2.24) is 19.4 Å². The number of hydrogen-bond donors (Lipinski definition) is 0. The Morgan fingerprint density at radius 1 is 0.750 bits per heavy atom. The van der Waals surface area contributed by atoms with Crippen LogP contribution in [0.1, 0.15) is 11.4 Å². The van der Waals surface area contributed by atoms with E-state index in [-0.39, 0.29) is 0 Å². The van der Waals surface area contributed by atoms with Gasteiger partial charge in [0.15, 0.2) is 11.4 Å². The standard InChI is InChI=1S/C39H24N4O/c1-3-24(38-40-22-27-13-7-9-15-31(27)41-38)19-23(2)26-17-18-34-29(20-26)30-21-32-37(44-39(42-32)25-11-5-4-6-12-25)35-28-14-8-10-16-33(28)43(34)36(30)35/h3-22H,1-2H2/b24-19+. The summed E-state index contributed by atoms with van der Waals surface area (Å²) in [4.78, 5) is 14.3. The van der Waals surface area contributed by atoms with Gasteiger partial charge in [0.2, 0.25) is 5.89 Å². The van der Waals surface area contributed by atoms with Crippen molar-refractivity contribution in [3.8, 4) is 11.5 Å². The number of rotatable bonds is 5. The number of nitrogens with zero attached hydrogens (tertiary/aromatic N) is 4. The Kier molecular flexibility index (Phi) is 5.14. The summed E-state index contributed by atoms with van der Waals surface area (Å²) in [6, 6.07) is 35.2. The molecule has 0 atom stereocenters.